The average Bonchev–Trinajstić information content (AvgIpc) is 2.94. The summed E-state index contributed by atoms with van der Waals surface area (Å²) in [4.78, 5) is 17.1. The van der Waals surface area contributed by atoms with E-state index in [1.54, 1.807) is 0 Å². The van der Waals surface area contributed by atoms with Gasteiger partial charge in [-0.05, 0) is 31.0 Å². The van der Waals surface area contributed by atoms with E-state index in [-0.39, 0.29) is 11.8 Å². The standard InChI is InChI=1S/C16H23N3O/c1-12-10-18(2)14-5-3-4-6-15(14)19(11-12)16(20)13-7-8-17-9-13/h3-6,12-13,17H,7-11H2,1-2H3/t12-,13-/m1/s1. The van der Waals surface area contributed by atoms with Crippen LogP contribution in [0.15, 0.2) is 24.3 Å². The molecule has 0 spiro atoms. The second-order valence-electron chi connectivity index (χ2n) is 6.11. The van der Waals surface area contributed by atoms with Crippen LogP contribution in [0, 0.1) is 11.8 Å². The van der Waals surface area contributed by atoms with Crippen LogP contribution in [0.3, 0.4) is 0 Å². The molecule has 0 bridgehead atoms. The molecular weight excluding hydrogens is 250 g/mol. The minimum Gasteiger partial charge on any atom is -0.373 e. The largest absolute Gasteiger partial charge is 0.373 e. The maximum atomic E-state index is 12.8. The van der Waals surface area contributed by atoms with Crippen molar-refractivity contribution >= 4 is 17.3 Å². The molecule has 0 aliphatic carbocycles. The van der Waals surface area contributed by atoms with Gasteiger partial charge in [-0.25, -0.2) is 0 Å². The van der Waals surface area contributed by atoms with E-state index in [2.05, 4.69) is 36.3 Å². The van der Waals surface area contributed by atoms with Crippen LogP contribution in [0.4, 0.5) is 11.4 Å². The summed E-state index contributed by atoms with van der Waals surface area (Å²) in [6.45, 7) is 5.80. The Kier molecular flexibility index (Phi) is 3.66. The molecule has 0 saturated carbocycles. The first kappa shape index (κ1) is 13.4. The molecule has 108 valence electrons. The summed E-state index contributed by atoms with van der Waals surface area (Å²) in [5.41, 5.74) is 2.23. The van der Waals surface area contributed by atoms with Gasteiger partial charge in [0.25, 0.3) is 0 Å². The average molecular weight is 273 g/mol. The predicted molar refractivity (Wildman–Crippen MR) is 82.2 cm³/mol. The maximum Gasteiger partial charge on any atom is 0.231 e. The Bertz CT molecular complexity index is 496. The number of anilines is 2. The fourth-order valence-corrected chi connectivity index (χ4v) is 3.34. The number of carbonyl (C=O) groups is 1. The molecule has 0 aromatic heterocycles. The van der Waals surface area contributed by atoms with Crippen LogP contribution in [0.5, 0.6) is 0 Å². The van der Waals surface area contributed by atoms with Crippen molar-refractivity contribution in [3.05, 3.63) is 24.3 Å². The van der Waals surface area contributed by atoms with Gasteiger partial charge in [-0.3, -0.25) is 4.79 Å². The van der Waals surface area contributed by atoms with Crippen molar-refractivity contribution in [2.45, 2.75) is 13.3 Å². The number of benzene rings is 1. The van der Waals surface area contributed by atoms with Gasteiger partial charge in [0, 0.05) is 26.7 Å². The number of nitrogens with zero attached hydrogens (tertiary/aromatic N) is 2. The summed E-state index contributed by atoms with van der Waals surface area (Å²) in [5, 5.41) is 3.29. The first-order valence-corrected chi connectivity index (χ1v) is 7.49. The summed E-state index contributed by atoms with van der Waals surface area (Å²) in [5.74, 6) is 0.897. The molecule has 1 N–H and O–H groups in total. The highest BCUT2D eigenvalue weighted by Crippen LogP contribution is 2.33. The van der Waals surface area contributed by atoms with Gasteiger partial charge < -0.3 is 15.1 Å². The molecule has 20 heavy (non-hydrogen) atoms. The zero-order valence-corrected chi connectivity index (χ0v) is 12.3. The van der Waals surface area contributed by atoms with Crippen LogP contribution < -0.4 is 15.1 Å². The van der Waals surface area contributed by atoms with Gasteiger partial charge in [-0.15, -0.1) is 0 Å². The molecule has 4 nitrogen and oxygen atoms in total. The third kappa shape index (κ3) is 2.40. The number of hydrogen-bond acceptors (Lipinski definition) is 3. The lowest BCUT2D eigenvalue weighted by atomic mass is 10.1. The number of rotatable bonds is 1. The lowest BCUT2D eigenvalue weighted by Gasteiger charge is -2.27. The van der Waals surface area contributed by atoms with E-state index < -0.39 is 0 Å². The van der Waals surface area contributed by atoms with E-state index in [0.717, 1.165) is 44.0 Å². The van der Waals surface area contributed by atoms with E-state index in [0.29, 0.717) is 5.92 Å². The Balaban J connectivity index is 1.95. The minimum absolute atomic E-state index is 0.138. The molecule has 2 atom stereocenters. The smallest absolute Gasteiger partial charge is 0.231 e. The Morgan fingerprint density at radius 3 is 2.70 bits per heavy atom. The maximum absolute atomic E-state index is 12.8. The third-order valence-electron chi connectivity index (χ3n) is 4.34. The zero-order valence-electron chi connectivity index (χ0n) is 12.3. The van der Waals surface area contributed by atoms with E-state index in [9.17, 15) is 4.79 Å². The SMILES string of the molecule is C[C@@H]1CN(C)c2ccccc2N(C(=O)[C@@H]2CCNC2)C1. The molecule has 1 aromatic carbocycles. The Morgan fingerprint density at radius 1 is 1.25 bits per heavy atom. The highest BCUT2D eigenvalue weighted by molar-refractivity contribution is 5.98. The van der Waals surface area contributed by atoms with Crippen molar-refractivity contribution < 1.29 is 4.79 Å². The fourth-order valence-electron chi connectivity index (χ4n) is 3.34. The molecule has 0 unspecified atom stereocenters. The van der Waals surface area contributed by atoms with E-state index in [4.69, 9.17) is 0 Å². The summed E-state index contributed by atoms with van der Waals surface area (Å²) < 4.78 is 0. The van der Waals surface area contributed by atoms with Gasteiger partial charge >= 0.3 is 0 Å². The Morgan fingerprint density at radius 2 is 2.00 bits per heavy atom. The van der Waals surface area contributed by atoms with Crippen LogP contribution in [-0.2, 0) is 4.79 Å². The molecule has 2 aliphatic heterocycles. The number of nitrogens with one attached hydrogen (secondary N) is 1. The zero-order chi connectivity index (χ0) is 14.1. The van der Waals surface area contributed by atoms with Crippen LogP contribution >= 0.6 is 0 Å². The fraction of sp³-hybridized carbons (Fsp3) is 0.562. The minimum atomic E-state index is 0.138. The second-order valence-corrected chi connectivity index (χ2v) is 6.11. The number of para-hydroxylation sites is 2. The number of fused-ring (bicyclic) bond motifs is 1. The van der Waals surface area contributed by atoms with Gasteiger partial charge in [0.15, 0.2) is 0 Å². The van der Waals surface area contributed by atoms with Gasteiger partial charge in [-0.2, -0.15) is 0 Å². The Hall–Kier alpha value is -1.55. The van der Waals surface area contributed by atoms with E-state index in [1.807, 2.05) is 17.0 Å². The quantitative estimate of drug-likeness (QED) is 0.846. The van der Waals surface area contributed by atoms with E-state index >= 15 is 0 Å². The highest BCUT2D eigenvalue weighted by atomic mass is 16.2. The van der Waals surface area contributed by atoms with Gasteiger partial charge in [-0.1, -0.05) is 19.1 Å². The van der Waals surface area contributed by atoms with Crippen LogP contribution in [0.25, 0.3) is 0 Å². The molecule has 2 heterocycles. The molecule has 1 amide bonds. The second kappa shape index (κ2) is 5.44. The van der Waals surface area contributed by atoms with Crippen molar-refractivity contribution in [3.63, 3.8) is 0 Å². The van der Waals surface area contributed by atoms with Gasteiger partial charge in [0.05, 0.1) is 17.3 Å². The first-order valence-electron chi connectivity index (χ1n) is 7.49. The highest BCUT2D eigenvalue weighted by Gasteiger charge is 2.32. The molecule has 2 aliphatic rings. The molecule has 3 rings (SSSR count). The predicted octanol–water partition coefficient (Wildman–Crippen LogP) is 1.71. The summed E-state index contributed by atoms with van der Waals surface area (Å²) in [7, 11) is 2.11. The van der Waals surface area contributed by atoms with Crippen molar-refractivity contribution in [3.8, 4) is 0 Å². The van der Waals surface area contributed by atoms with Crippen LogP contribution in [-0.4, -0.2) is 39.1 Å². The van der Waals surface area contributed by atoms with Crippen molar-refractivity contribution in [2.75, 3.05) is 43.0 Å². The van der Waals surface area contributed by atoms with Crippen molar-refractivity contribution in [2.24, 2.45) is 11.8 Å². The van der Waals surface area contributed by atoms with Crippen molar-refractivity contribution in [1.29, 1.82) is 0 Å². The van der Waals surface area contributed by atoms with Crippen LogP contribution in [0.2, 0.25) is 0 Å². The molecule has 1 aromatic rings. The lowest BCUT2D eigenvalue weighted by molar-refractivity contribution is -0.121. The van der Waals surface area contributed by atoms with Gasteiger partial charge in [0.1, 0.15) is 0 Å². The number of carbonyl (C=O) groups excluding carboxylic acids is 1. The molecule has 4 heteroatoms. The van der Waals surface area contributed by atoms with Crippen molar-refractivity contribution in [1.82, 2.24) is 5.32 Å². The summed E-state index contributed by atoms with van der Waals surface area (Å²) in [6.07, 6.45) is 0.960. The molecule has 1 saturated heterocycles. The molecule has 0 radical (unpaired) electrons. The summed E-state index contributed by atoms with van der Waals surface area (Å²) >= 11 is 0. The monoisotopic (exact) mass is 273 g/mol. The summed E-state index contributed by atoms with van der Waals surface area (Å²) in [6, 6.07) is 8.26. The third-order valence-corrected chi connectivity index (χ3v) is 4.34. The number of hydrogen-bond donors (Lipinski definition) is 1. The van der Waals surface area contributed by atoms with Gasteiger partial charge in [0.2, 0.25) is 5.91 Å². The first-order chi connectivity index (χ1) is 9.66. The van der Waals surface area contributed by atoms with E-state index in [1.165, 1.54) is 0 Å². The van der Waals surface area contributed by atoms with Crippen LogP contribution in [0.1, 0.15) is 13.3 Å². The topological polar surface area (TPSA) is 35.6 Å². The molecular formula is C16H23N3O. The normalized spacial score (nSPS) is 26.3. The Labute approximate surface area is 120 Å². The number of amides is 1. The lowest BCUT2D eigenvalue weighted by Crippen LogP contribution is -2.39. The molecule has 1 fully saturated rings.